The van der Waals surface area contributed by atoms with Crippen molar-refractivity contribution in [2.24, 2.45) is 0 Å². The summed E-state index contributed by atoms with van der Waals surface area (Å²) >= 11 is 0. The topological polar surface area (TPSA) is 111 Å². The molecule has 0 spiro atoms. The van der Waals surface area contributed by atoms with E-state index in [4.69, 9.17) is 15.6 Å². The highest BCUT2D eigenvalue weighted by Crippen LogP contribution is 2.23. The summed E-state index contributed by atoms with van der Waals surface area (Å²) in [5, 5.41) is 12.8. The number of nitrogens with two attached hydrogens (primary N) is 1. The van der Waals surface area contributed by atoms with Crippen LogP contribution in [0.5, 0.6) is 0 Å². The van der Waals surface area contributed by atoms with Gasteiger partial charge in [-0.3, -0.25) is 4.57 Å². The second-order valence-electron chi connectivity index (χ2n) is 4.88. The Morgan fingerprint density at radius 1 is 1.26 bits per heavy atom. The number of hydrogen-bond donors (Lipinski definition) is 3. The minimum atomic E-state index is 0.0117. The molecule has 0 unspecified atom stereocenters. The first-order valence-electron chi connectivity index (χ1n) is 7.26. The van der Waals surface area contributed by atoms with Crippen molar-refractivity contribution in [1.82, 2.24) is 19.5 Å². The summed E-state index contributed by atoms with van der Waals surface area (Å²) in [6.07, 6.45) is 5.10. The Labute approximate surface area is 133 Å². The second-order valence-corrected chi connectivity index (χ2v) is 4.88. The molecule has 0 atom stereocenters. The molecule has 8 nitrogen and oxygen atoms in total. The van der Waals surface area contributed by atoms with E-state index in [1.807, 2.05) is 12.1 Å². The number of imidazole rings is 1. The predicted molar refractivity (Wildman–Crippen MR) is 87.5 cm³/mol. The van der Waals surface area contributed by atoms with E-state index in [1.54, 1.807) is 29.4 Å². The second kappa shape index (κ2) is 7.03. The van der Waals surface area contributed by atoms with E-state index in [1.165, 1.54) is 0 Å². The van der Waals surface area contributed by atoms with E-state index < -0.39 is 0 Å². The molecular formula is C15H18N6O2. The summed E-state index contributed by atoms with van der Waals surface area (Å²) in [5.41, 5.74) is 7.31. The van der Waals surface area contributed by atoms with Gasteiger partial charge in [-0.1, -0.05) is 0 Å². The predicted octanol–water partition coefficient (Wildman–Crippen LogP) is 0.818. The van der Waals surface area contributed by atoms with Crippen LogP contribution in [0.4, 0.5) is 11.5 Å². The Morgan fingerprint density at radius 3 is 2.96 bits per heavy atom. The third kappa shape index (κ3) is 3.55. The van der Waals surface area contributed by atoms with Crippen molar-refractivity contribution in [3.8, 4) is 5.95 Å². The summed E-state index contributed by atoms with van der Waals surface area (Å²) in [6.45, 7) is 1.36. The number of benzene rings is 1. The van der Waals surface area contributed by atoms with Gasteiger partial charge in [-0.25, -0.2) is 9.97 Å². The zero-order valence-electron chi connectivity index (χ0n) is 12.5. The Morgan fingerprint density at radius 2 is 2.17 bits per heavy atom. The maximum atomic E-state index is 8.71. The number of nitrogens with one attached hydrogen (secondary N) is 1. The van der Waals surface area contributed by atoms with Gasteiger partial charge in [0, 0.05) is 30.0 Å². The number of nitrogen functional groups attached to an aromatic ring is 1. The maximum Gasteiger partial charge on any atom is 0.237 e. The van der Waals surface area contributed by atoms with Crippen molar-refractivity contribution in [2.75, 3.05) is 37.4 Å². The number of aliphatic hydroxyl groups is 1. The molecule has 0 aliphatic rings. The van der Waals surface area contributed by atoms with Crippen LogP contribution in [0, 0.1) is 0 Å². The summed E-state index contributed by atoms with van der Waals surface area (Å²) in [5.74, 6) is 1.21. The molecule has 0 aliphatic carbocycles. The van der Waals surface area contributed by atoms with Crippen LogP contribution < -0.4 is 11.1 Å². The zero-order valence-corrected chi connectivity index (χ0v) is 12.5. The van der Waals surface area contributed by atoms with Crippen LogP contribution >= 0.6 is 0 Å². The molecule has 3 rings (SSSR count). The molecule has 23 heavy (non-hydrogen) atoms. The molecule has 0 saturated heterocycles. The minimum absolute atomic E-state index is 0.0117. The molecule has 0 aliphatic heterocycles. The molecule has 0 amide bonds. The SMILES string of the molecule is Nc1ccc2nc(-n3ccnc3)nc(NCCOCCO)c2c1. The normalized spacial score (nSPS) is 11.0. The van der Waals surface area contributed by atoms with Gasteiger partial charge in [-0.15, -0.1) is 0 Å². The summed E-state index contributed by atoms with van der Waals surface area (Å²) in [4.78, 5) is 13.1. The number of rotatable bonds is 7. The fourth-order valence-corrected chi connectivity index (χ4v) is 2.17. The van der Waals surface area contributed by atoms with Gasteiger partial charge in [0.05, 0.1) is 25.3 Å². The van der Waals surface area contributed by atoms with Crippen LogP contribution in [0.2, 0.25) is 0 Å². The van der Waals surface area contributed by atoms with Crippen LogP contribution in [0.3, 0.4) is 0 Å². The number of aromatic nitrogens is 4. The van der Waals surface area contributed by atoms with Gasteiger partial charge in [0.15, 0.2) is 0 Å². The number of aliphatic hydroxyl groups excluding tert-OH is 1. The molecule has 0 fully saturated rings. The number of ether oxygens (including phenoxy) is 1. The quantitative estimate of drug-likeness (QED) is 0.437. The van der Waals surface area contributed by atoms with Crippen molar-refractivity contribution in [3.63, 3.8) is 0 Å². The molecule has 0 bridgehead atoms. The highest BCUT2D eigenvalue weighted by atomic mass is 16.5. The van der Waals surface area contributed by atoms with Crippen LogP contribution in [0.25, 0.3) is 16.9 Å². The lowest BCUT2D eigenvalue weighted by Crippen LogP contribution is -2.13. The summed E-state index contributed by atoms with van der Waals surface area (Å²) < 4.78 is 6.99. The van der Waals surface area contributed by atoms with Gasteiger partial charge in [0.2, 0.25) is 5.95 Å². The van der Waals surface area contributed by atoms with E-state index in [0.29, 0.717) is 37.2 Å². The largest absolute Gasteiger partial charge is 0.399 e. The van der Waals surface area contributed by atoms with E-state index in [9.17, 15) is 0 Å². The lowest BCUT2D eigenvalue weighted by Gasteiger charge is -2.11. The molecule has 2 heterocycles. The Bertz CT molecular complexity index is 775. The van der Waals surface area contributed by atoms with E-state index in [-0.39, 0.29) is 6.61 Å². The lowest BCUT2D eigenvalue weighted by molar-refractivity contribution is 0.0992. The lowest BCUT2D eigenvalue weighted by atomic mass is 10.2. The van der Waals surface area contributed by atoms with Gasteiger partial charge < -0.3 is 20.9 Å². The average Bonchev–Trinajstić information content (AvgIpc) is 3.09. The van der Waals surface area contributed by atoms with Crippen LogP contribution in [-0.2, 0) is 4.74 Å². The molecule has 0 radical (unpaired) electrons. The van der Waals surface area contributed by atoms with Gasteiger partial charge in [0.1, 0.15) is 12.1 Å². The number of anilines is 2. The Kier molecular flexibility index (Phi) is 4.65. The maximum absolute atomic E-state index is 8.71. The molecule has 2 aromatic heterocycles. The van der Waals surface area contributed by atoms with Crippen molar-refractivity contribution in [3.05, 3.63) is 36.9 Å². The minimum Gasteiger partial charge on any atom is -0.399 e. The molecule has 1 aromatic carbocycles. The zero-order chi connectivity index (χ0) is 16.1. The number of hydrogen-bond acceptors (Lipinski definition) is 7. The van der Waals surface area contributed by atoms with Crippen molar-refractivity contribution in [1.29, 1.82) is 0 Å². The van der Waals surface area contributed by atoms with E-state index in [0.717, 1.165) is 10.9 Å². The fourth-order valence-electron chi connectivity index (χ4n) is 2.17. The third-order valence-corrected chi connectivity index (χ3v) is 3.22. The van der Waals surface area contributed by atoms with Gasteiger partial charge >= 0.3 is 0 Å². The molecule has 120 valence electrons. The molecule has 3 aromatic rings. The van der Waals surface area contributed by atoms with Crippen molar-refractivity contribution < 1.29 is 9.84 Å². The molecule has 8 heteroatoms. The Hall–Kier alpha value is -2.71. The first-order valence-corrected chi connectivity index (χ1v) is 7.26. The Balaban J connectivity index is 1.91. The van der Waals surface area contributed by atoms with E-state index >= 15 is 0 Å². The highest BCUT2D eigenvalue weighted by molar-refractivity contribution is 5.91. The van der Waals surface area contributed by atoms with Crippen LogP contribution in [0.1, 0.15) is 0 Å². The molecule has 0 saturated carbocycles. The standard InChI is InChI=1S/C15H18N6O2/c16-11-1-2-13-12(9-11)14(18-4-7-23-8-6-22)20-15(19-13)21-5-3-17-10-21/h1-3,5,9-10,22H,4,6-8,16H2,(H,18,19,20). The third-order valence-electron chi connectivity index (χ3n) is 3.22. The summed E-state index contributed by atoms with van der Waals surface area (Å²) in [7, 11) is 0. The van der Waals surface area contributed by atoms with Gasteiger partial charge in [-0.05, 0) is 18.2 Å². The van der Waals surface area contributed by atoms with Gasteiger partial charge in [0.25, 0.3) is 0 Å². The van der Waals surface area contributed by atoms with Gasteiger partial charge in [-0.2, -0.15) is 4.98 Å². The number of nitrogens with zero attached hydrogens (tertiary/aromatic N) is 4. The van der Waals surface area contributed by atoms with Crippen LogP contribution in [0.15, 0.2) is 36.9 Å². The van der Waals surface area contributed by atoms with Crippen molar-refractivity contribution >= 4 is 22.4 Å². The molecule has 4 N–H and O–H groups in total. The highest BCUT2D eigenvalue weighted by Gasteiger charge is 2.09. The average molecular weight is 314 g/mol. The summed E-state index contributed by atoms with van der Waals surface area (Å²) in [6, 6.07) is 5.51. The fraction of sp³-hybridized carbons (Fsp3) is 0.267. The first-order chi connectivity index (χ1) is 11.3. The first kappa shape index (κ1) is 15.2. The number of fused-ring (bicyclic) bond motifs is 1. The monoisotopic (exact) mass is 314 g/mol. The van der Waals surface area contributed by atoms with Crippen LogP contribution in [-0.4, -0.2) is 51.0 Å². The smallest absolute Gasteiger partial charge is 0.237 e. The van der Waals surface area contributed by atoms with E-state index in [2.05, 4.69) is 20.3 Å². The van der Waals surface area contributed by atoms with Crippen molar-refractivity contribution in [2.45, 2.75) is 0 Å². The molecular weight excluding hydrogens is 296 g/mol.